The first-order valence-corrected chi connectivity index (χ1v) is 8.95. The lowest BCUT2D eigenvalue weighted by Crippen LogP contribution is -2.31. The van der Waals surface area contributed by atoms with Crippen molar-refractivity contribution in [1.82, 2.24) is 14.6 Å². The molecule has 0 saturated carbocycles. The predicted octanol–water partition coefficient (Wildman–Crippen LogP) is 1.13. The second-order valence-corrected chi connectivity index (χ2v) is 7.08. The van der Waals surface area contributed by atoms with Gasteiger partial charge in [-0.3, -0.25) is 0 Å². The van der Waals surface area contributed by atoms with E-state index in [1.54, 1.807) is 12.1 Å². The van der Waals surface area contributed by atoms with Crippen LogP contribution < -0.4 is 10.0 Å². The Balaban J connectivity index is 1.92. The molecule has 118 valence electrons. The predicted molar refractivity (Wildman–Crippen MR) is 83.8 cm³/mol. The smallest absolute Gasteiger partial charge is 0.242 e. The quantitative estimate of drug-likeness (QED) is 0.789. The molecule has 1 saturated heterocycles. The Morgan fingerprint density at radius 1 is 1.38 bits per heavy atom. The molecule has 0 aromatic carbocycles. The third-order valence-electron chi connectivity index (χ3n) is 3.78. The van der Waals surface area contributed by atoms with Crippen LogP contribution in [-0.4, -0.2) is 51.0 Å². The summed E-state index contributed by atoms with van der Waals surface area (Å²) in [5.41, 5.74) is 0. The van der Waals surface area contributed by atoms with Crippen molar-refractivity contribution in [3.8, 4) is 0 Å². The van der Waals surface area contributed by atoms with Crippen LogP contribution in [0.25, 0.3) is 0 Å². The van der Waals surface area contributed by atoms with Crippen molar-refractivity contribution in [2.75, 3.05) is 38.0 Å². The van der Waals surface area contributed by atoms with E-state index in [1.807, 2.05) is 6.92 Å². The Morgan fingerprint density at radius 2 is 2.19 bits per heavy atom. The van der Waals surface area contributed by atoms with E-state index < -0.39 is 10.0 Å². The van der Waals surface area contributed by atoms with E-state index in [0.717, 1.165) is 32.6 Å². The molecule has 1 atom stereocenters. The van der Waals surface area contributed by atoms with Gasteiger partial charge in [0.05, 0.1) is 0 Å². The van der Waals surface area contributed by atoms with Crippen LogP contribution in [0.3, 0.4) is 0 Å². The Bertz CT molecular complexity index is 545. The number of likely N-dealkylation sites (tertiary alicyclic amines) is 1. The van der Waals surface area contributed by atoms with Crippen molar-refractivity contribution in [2.24, 2.45) is 5.92 Å². The second kappa shape index (κ2) is 7.20. The number of rotatable bonds is 7. The van der Waals surface area contributed by atoms with Gasteiger partial charge in [-0.05, 0) is 44.5 Å². The van der Waals surface area contributed by atoms with Gasteiger partial charge in [0, 0.05) is 25.8 Å². The number of sulfonamides is 1. The standard InChI is InChI=1S/C14H24N4O2S/c1-3-15-14-6-5-13(10-16-14)21(19,20)17-9-12-7-8-18(4-2)11-12/h5-6,10,12,17H,3-4,7-9,11H2,1-2H3,(H,15,16). The summed E-state index contributed by atoms with van der Waals surface area (Å²) in [6, 6.07) is 3.27. The highest BCUT2D eigenvalue weighted by molar-refractivity contribution is 7.89. The average Bonchev–Trinajstić information content (AvgIpc) is 2.94. The van der Waals surface area contributed by atoms with Crippen molar-refractivity contribution in [1.29, 1.82) is 0 Å². The lowest BCUT2D eigenvalue weighted by atomic mass is 10.1. The Morgan fingerprint density at radius 3 is 2.76 bits per heavy atom. The minimum atomic E-state index is -3.46. The zero-order valence-corrected chi connectivity index (χ0v) is 13.5. The van der Waals surface area contributed by atoms with Gasteiger partial charge in [0.1, 0.15) is 10.7 Å². The second-order valence-electron chi connectivity index (χ2n) is 5.31. The summed E-state index contributed by atoms with van der Waals surface area (Å²) in [6.07, 6.45) is 2.45. The van der Waals surface area contributed by atoms with E-state index >= 15 is 0 Å². The van der Waals surface area contributed by atoms with Crippen LogP contribution in [0, 0.1) is 5.92 Å². The molecule has 0 bridgehead atoms. The number of nitrogens with zero attached hydrogens (tertiary/aromatic N) is 2. The molecule has 7 heteroatoms. The number of hydrogen-bond donors (Lipinski definition) is 2. The van der Waals surface area contributed by atoms with Crippen molar-refractivity contribution in [2.45, 2.75) is 25.2 Å². The maximum Gasteiger partial charge on any atom is 0.242 e. The molecule has 0 spiro atoms. The zero-order chi connectivity index (χ0) is 15.3. The van der Waals surface area contributed by atoms with Gasteiger partial charge in [-0.15, -0.1) is 0 Å². The highest BCUT2D eigenvalue weighted by Crippen LogP contribution is 2.16. The van der Waals surface area contributed by atoms with Crippen LogP contribution in [0.2, 0.25) is 0 Å². The molecule has 2 rings (SSSR count). The van der Waals surface area contributed by atoms with Crippen LogP contribution in [0.5, 0.6) is 0 Å². The largest absolute Gasteiger partial charge is 0.370 e. The molecule has 6 nitrogen and oxygen atoms in total. The van der Waals surface area contributed by atoms with Gasteiger partial charge >= 0.3 is 0 Å². The SMILES string of the molecule is CCNc1ccc(S(=O)(=O)NCC2CCN(CC)C2)cn1. The Hall–Kier alpha value is -1.18. The third-order valence-corrected chi connectivity index (χ3v) is 5.19. The van der Waals surface area contributed by atoms with Crippen molar-refractivity contribution < 1.29 is 8.42 Å². The average molecular weight is 312 g/mol. The first-order chi connectivity index (χ1) is 10.0. The molecule has 21 heavy (non-hydrogen) atoms. The summed E-state index contributed by atoms with van der Waals surface area (Å²) >= 11 is 0. The summed E-state index contributed by atoms with van der Waals surface area (Å²) < 4.78 is 27.1. The molecule has 1 aromatic heterocycles. The van der Waals surface area contributed by atoms with E-state index in [4.69, 9.17) is 0 Å². The molecular weight excluding hydrogens is 288 g/mol. The van der Waals surface area contributed by atoms with E-state index in [0.29, 0.717) is 18.3 Å². The van der Waals surface area contributed by atoms with Gasteiger partial charge in [-0.1, -0.05) is 6.92 Å². The summed E-state index contributed by atoms with van der Waals surface area (Å²) in [7, 11) is -3.46. The number of aromatic nitrogens is 1. The van der Waals surface area contributed by atoms with Gasteiger partial charge in [0.2, 0.25) is 10.0 Å². The molecule has 1 aromatic rings. The van der Waals surface area contributed by atoms with Gasteiger partial charge in [0.15, 0.2) is 0 Å². The maximum absolute atomic E-state index is 12.2. The lowest BCUT2D eigenvalue weighted by Gasteiger charge is -2.14. The maximum atomic E-state index is 12.2. The molecule has 1 aliphatic heterocycles. The highest BCUT2D eigenvalue weighted by Gasteiger charge is 2.23. The van der Waals surface area contributed by atoms with E-state index in [9.17, 15) is 8.42 Å². The van der Waals surface area contributed by atoms with Crippen molar-refractivity contribution in [3.05, 3.63) is 18.3 Å². The lowest BCUT2D eigenvalue weighted by molar-refractivity contribution is 0.342. The fourth-order valence-electron chi connectivity index (χ4n) is 2.50. The normalized spacial score (nSPS) is 19.8. The fraction of sp³-hybridized carbons (Fsp3) is 0.643. The van der Waals surface area contributed by atoms with Gasteiger partial charge < -0.3 is 10.2 Å². The molecule has 0 aliphatic carbocycles. The van der Waals surface area contributed by atoms with Gasteiger partial charge in [0.25, 0.3) is 0 Å². The van der Waals surface area contributed by atoms with E-state index in [-0.39, 0.29) is 4.90 Å². The summed E-state index contributed by atoms with van der Waals surface area (Å²) in [5.74, 6) is 1.08. The molecule has 1 aliphatic rings. The van der Waals surface area contributed by atoms with Crippen molar-refractivity contribution >= 4 is 15.8 Å². The molecule has 2 N–H and O–H groups in total. The van der Waals surface area contributed by atoms with Crippen LogP contribution in [0.15, 0.2) is 23.2 Å². The zero-order valence-electron chi connectivity index (χ0n) is 12.7. The first-order valence-electron chi connectivity index (χ1n) is 7.47. The number of nitrogens with one attached hydrogen (secondary N) is 2. The topological polar surface area (TPSA) is 74.3 Å². The minimum Gasteiger partial charge on any atom is -0.370 e. The number of hydrogen-bond acceptors (Lipinski definition) is 5. The first kappa shape index (κ1) is 16.2. The van der Waals surface area contributed by atoms with E-state index in [1.165, 1.54) is 6.20 Å². The molecule has 0 amide bonds. The molecule has 1 unspecified atom stereocenters. The molecular formula is C14H24N4O2S. The Kier molecular flexibility index (Phi) is 5.55. The van der Waals surface area contributed by atoms with Crippen LogP contribution in [0.1, 0.15) is 20.3 Å². The van der Waals surface area contributed by atoms with Crippen LogP contribution >= 0.6 is 0 Å². The number of pyridine rings is 1. The summed E-state index contributed by atoms with van der Waals surface area (Å²) in [5, 5.41) is 3.04. The fourth-order valence-corrected chi connectivity index (χ4v) is 3.56. The third kappa shape index (κ3) is 4.39. The van der Waals surface area contributed by atoms with E-state index in [2.05, 4.69) is 26.8 Å². The molecule has 1 fully saturated rings. The monoisotopic (exact) mass is 312 g/mol. The van der Waals surface area contributed by atoms with Gasteiger partial charge in [-0.2, -0.15) is 0 Å². The van der Waals surface area contributed by atoms with Crippen LogP contribution in [-0.2, 0) is 10.0 Å². The van der Waals surface area contributed by atoms with Crippen molar-refractivity contribution in [3.63, 3.8) is 0 Å². The van der Waals surface area contributed by atoms with Gasteiger partial charge in [-0.25, -0.2) is 18.1 Å². The number of anilines is 1. The summed E-state index contributed by atoms with van der Waals surface area (Å²) in [6.45, 7) is 8.40. The molecule has 0 radical (unpaired) electrons. The Labute approximate surface area is 127 Å². The highest BCUT2D eigenvalue weighted by atomic mass is 32.2. The summed E-state index contributed by atoms with van der Waals surface area (Å²) in [4.78, 5) is 6.66. The minimum absolute atomic E-state index is 0.217. The molecule has 2 heterocycles. The van der Waals surface area contributed by atoms with Crippen LogP contribution in [0.4, 0.5) is 5.82 Å².